The van der Waals surface area contributed by atoms with Gasteiger partial charge in [-0.3, -0.25) is 14.3 Å². The zero-order valence-corrected chi connectivity index (χ0v) is 18.2. The summed E-state index contributed by atoms with van der Waals surface area (Å²) in [5, 5.41) is 6.99. The molecule has 1 aromatic carbocycles. The highest BCUT2D eigenvalue weighted by molar-refractivity contribution is 6.07. The molecule has 3 aromatic rings. The molecule has 0 fully saturated rings. The van der Waals surface area contributed by atoms with E-state index in [1.165, 1.54) is 22.4 Å². The van der Waals surface area contributed by atoms with E-state index in [1.54, 1.807) is 44.9 Å². The van der Waals surface area contributed by atoms with E-state index in [0.717, 1.165) is 18.6 Å². The number of hydrogen-bond donors (Lipinski definition) is 1. The first-order valence-corrected chi connectivity index (χ1v) is 10.2. The number of aryl methyl sites for hydroxylation is 3. The molecule has 0 spiro atoms. The zero-order valence-electron chi connectivity index (χ0n) is 18.2. The predicted octanol–water partition coefficient (Wildman–Crippen LogP) is 3.34. The van der Waals surface area contributed by atoms with Gasteiger partial charge in [0, 0.05) is 21.1 Å². The van der Waals surface area contributed by atoms with Crippen LogP contribution >= 0.6 is 0 Å². The number of aromatic nitrogens is 2. The van der Waals surface area contributed by atoms with Gasteiger partial charge in [-0.25, -0.2) is 0 Å². The molecule has 0 atom stereocenters. The minimum Gasteiger partial charge on any atom is -0.486 e. The van der Waals surface area contributed by atoms with E-state index < -0.39 is 5.91 Å². The van der Waals surface area contributed by atoms with Gasteiger partial charge in [0.1, 0.15) is 18.1 Å². The maximum Gasteiger partial charge on any atom is 0.291 e. The second-order valence-corrected chi connectivity index (χ2v) is 7.93. The van der Waals surface area contributed by atoms with Crippen molar-refractivity contribution in [2.45, 2.75) is 32.8 Å². The maximum atomic E-state index is 12.7. The fraction of sp³-hybridized carbons (Fsp3) is 0.348. The molecule has 0 saturated carbocycles. The number of anilines is 1. The highest BCUT2D eigenvalue weighted by Gasteiger charge is 2.24. The largest absolute Gasteiger partial charge is 0.486 e. The summed E-state index contributed by atoms with van der Waals surface area (Å²) in [5.74, 6) is 0.729. The molecular weight excluding hydrogens is 396 g/mol. The quantitative estimate of drug-likeness (QED) is 0.658. The first-order chi connectivity index (χ1) is 14.8. The molecule has 2 heterocycles. The average molecular weight is 422 g/mol. The lowest BCUT2D eigenvalue weighted by Crippen LogP contribution is -2.24. The average Bonchev–Trinajstić information content (AvgIpc) is 3.47. The number of carbonyl (C=O) groups excluding carboxylic acids is 2. The van der Waals surface area contributed by atoms with Crippen molar-refractivity contribution < 1.29 is 18.7 Å². The number of hydrogen-bond acceptors (Lipinski definition) is 5. The van der Waals surface area contributed by atoms with Gasteiger partial charge in [-0.05, 0) is 61.6 Å². The summed E-state index contributed by atoms with van der Waals surface area (Å²) in [4.78, 5) is 26.5. The summed E-state index contributed by atoms with van der Waals surface area (Å²) in [6.07, 6.45) is 3.40. The van der Waals surface area contributed by atoms with Crippen molar-refractivity contribution in [2.75, 3.05) is 19.4 Å². The third kappa shape index (κ3) is 4.19. The van der Waals surface area contributed by atoms with Crippen molar-refractivity contribution in [3.8, 4) is 5.75 Å². The molecule has 1 aliphatic rings. The molecule has 2 aromatic heterocycles. The van der Waals surface area contributed by atoms with Gasteiger partial charge in [0.05, 0.1) is 11.4 Å². The van der Waals surface area contributed by atoms with E-state index in [1.807, 2.05) is 6.07 Å². The van der Waals surface area contributed by atoms with Crippen molar-refractivity contribution in [1.82, 2.24) is 14.7 Å². The first kappa shape index (κ1) is 20.7. The zero-order chi connectivity index (χ0) is 22.1. The third-order valence-electron chi connectivity index (χ3n) is 5.52. The molecule has 0 unspecified atom stereocenters. The van der Waals surface area contributed by atoms with Crippen LogP contribution in [-0.2, 0) is 26.5 Å². The van der Waals surface area contributed by atoms with E-state index in [4.69, 9.17) is 9.15 Å². The van der Waals surface area contributed by atoms with Crippen LogP contribution in [-0.4, -0.2) is 40.6 Å². The van der Waals surface area contributed by atoms with Crippen LogP contribution in [0.5, 0.6) is 5.75 Å². The lowest BCUT2D eigenvalue weighted by atomic mass is 10.1. The molecule has 1 aliphatic carbocycles. The Kier molecular flexibility index (Phi) is 5.54. The summed E-state index contributed by atoms with van der Waals surface area (Å²) in [6, 6.07) is 9.46. The first-order valence-electron chi connectivity index (χ1n) is 10.2. The topological polar surface area (TPSA) is 89.6 Å². The summed E-state index contributed by atoms with van der Waals surface area (Å²) < 4.78 is 13.1. The van der Waals surface area contributed by atoms with Crippen LogP contribution in [0.2, 0.25) is 0 Å². The second kappa shape index (κ2) is 8.29. The number of furan rings is 1. The standard InChI is InChI=1S/C23H26N4O4/c1-14-20(21(25-27(14)4)23(29)26(2)3)24-22(28)19-11-10-18(31-19)13-30-17-9-8-15-6-5-7-16(15)12-17/h8-12H,5-7,13H2,1-4H3,(H,24,28). The molecule has 162 valence electrons. The molecule has 0 radical (unpaired) electrons. The number of benzene rings is 1. The lowest BCUT2D eigenvalue weighted by molar-refractivity contribution is 0.0822. The summed E-state index contributed by atoms with van der Waals surface area (Å²) in [5.41, 5.74) is 3.96. The van der Waals surface area contributed by atoms with Gasteiger partial charge in [-0.1, -0.05) is 6.07 Å². The summed E-state index contributed by atoms with van der Waals surface area (Å²) >= 11 is 0. The van der Waals surface area contributed by atoms with Gasteiger partial charge >= 0.3 is 0 Å². The Morgan fingerprint density at radius 1 is 1.19 bits per heavy atom. The SMILES string of the molecule is Cc1c(NC(=O)c2ccc(COc3ccc4c(c3)CCC4)o2)c(C(=O)N(C)C)nn1C. The van der Waals surface area contributed by atoms with E-state index in [9.17, 15) is 9.59 Å². The molecule has 4 rings (SSSR count). The summed E-state index contributed by atoms with van der Waals surface area (Å²) in [6.45, 7) is 2.01. The number of rotatable bonds is 6. The number of amides is 2. The Balaban J connectivity index is 1.44. The van der Waals surface area contributed by atoms with Crippen molar-refractivity contribution >= 4 is 17.5 Å². The van der Waals surface area contributed by atoms with Gasteiger partial charge in [-0.2, -0.15) is 5.10 Å². The van der Waals surface area contributed by atoms with E-state index in [0.29, 0.717) is 17.1 Å². The Morgan fingerprint density at radius 2 is 1.97 bits per heavy atom. The fourth-order valence-corrected chi connectivity index (χ4v) is 3.66. The van der Waals surface area contributed by atoms with Crippen LogP contribution in [0.15, 0.2) is 34.7 Å². The number of ether oxygens (including phenoxy) is 1. The lowest BCUT2D eigenvalue weighted by Gasteiger charge is -2.10. The van der Waals surface area contributed by atoms with Crippen LogP contribution in [0.25, 0.3) is 0 Å². The van der Waals surface area contributed by atoms with Crippen molar-refractivity contribution in [3.63, 3.8) is 0 Å². The Bertz CT molecular complexity index is 1140. The van der Waals surface area contributed by atoms with Gasteiger partial charge in [-0.15, -0.1) is 0 Å². The minimum atomic E-state index is -0.451. The van der Waals surface area contributed by atoms with Crippen molar-refractivity contribution in [3.05, 3.63) is 64.4 Å². The third-order valence-corrected chi connectivity index (χ3v) is 5.52. The Hall–Kier alpha value is -3.55. The van der Waals surface area contributed by atoms with Crippen LogP contribution in [0.4, 0.5) is 5.69 Å². The van der Waals surface area contributed by atoms with E-state index in [-0.39, 0.29) is 24.0 Å². The van der Waals surface area contributed by atoms with Crippen LogP contribution in [0.3, 0.4) is 0 Å². The molecule has 0 saturated heterocycles. The number of fused-ring (bicyclic) bond motifs is 1. The Labute approximate surface area is 180 Å². The number of carbonyl (C=O) groups is 2. The maximum absolute atomic E-state index is 12.7. The number of nitrogens with zero attached hydrogens (tertiary/aromatic N) is 3. The van der Waals surface area contributed by atoms with Crippen LogP contribution in [0, 0.1) is 6.92 Å². The fourth-order valence-electron chi connectivity index (χ4n) is 3.66. The second-order valence-electron chi connectivity index (χ2n) is 7.93. The van der Waals surface area contributed by atoms with Crippen LogP contribution in [0.1, 0.15) is 50.0 Å². The van der Waals surface area contributed by atoms with Gasteiger partial charge < -0.3 is 19.4 Å². The molecule has 8 nitrogen and oxygen atoms in total. The van der Waals surface area contributed by atoms with Gasteiger partial charge in [0.15, 0.2) is 11.5 Å². The van der Waals surface area contributed by atoms with E-state index in [2.05, 4.69) is 22.5 Å². The highest BCUT2D eigenvalue weighted by Crippen LogP contribution is 2.27. The minimum absolute atomic E-state index is 0.138. The van der Waals surface area contributed by atoms with Gasteiger partial charge in [0.2, 0.25) is 0 Å². The molecule has 0 aliphatic heterocycles. The molecule has 31 heavy (non-hydrogen) atoms. The molecule has 0 bridgehead atoms. The normalized spacial score (nSPS) is 12.5. The highest BCUT2D eigenvalue weighted by atomic mass is 16.5. The van der Waals surface area contributed by atoms with Crippen molar-refractivity contribution in [1.29, 1.82) is 0 Å². The predicted molar refractivity (Wildman–Crippen MR) is 115 cm³/mol. The smallest absolute Gasteiger partial charge is 0.291 e. The molecule has 1 N–H and O–H groups in total. The van der Waals surface area contributed by atoms with Crippen LogP contribution < -0.4 is 10.1 Å². The van der Waals surface area contributed by atoms with Gasteiger partial charge in [0.25, 0.3) is 11.8 Å². The monoisotopic (exact) mass is 422 g/mol. The number of nitrogens with one attached hydrogen (secondary N) is 1. The molecular formula is C23H26N4O4. The molecule has 2 amide bonds. The van der Waals surface area contributed by atoms with Crippen molar-refractivity contribution in [2.24, 2.45) is 7.05 Å². The van der Waals surface area contributed by atoms with E-state index >= 15 is 0 Å². The Morgan fingerprint density at radius 3 is 2.74 bits per heavy atom. The molecule has 8 heteroatoms. The summed E-state index contributed by atoms with van der Waals surface area (Å²) in [7, 11) is 4.99.